The van der Waals surface area contributed by atoms with Gasteiger partial charge < -0.3 is 15.5 Å². The molecule has 20 heavy (non-hydrogen) atoms. The largest absolute Gasteiger partial charge is 0.481 e. The summed E-state index contributed by atoms with van der Waals surface area (Å²) in [5, 5.41) is 21.4. The van der Waals surface area contributed by atoms with Crippen LogP contribution in [-0.4, -0.2) is 58.8 Å². The van der Waals surface area contributed by atoms with Crippen LogP contribution in [-0.2, 0) is 9.59 Å². The summed E-state index contributed by atoms with van der Waals surface area (Å²) in [6.45, 7) is 3.94. The van der Waals surface area contributed by atoms with E-state index in [1.165, 1.54) is 0 Å². The third-order valence-electron chi connectivity index (χ3n) is 3.56. The summed E-state index contributed by atoms with van der Waals surface area (Å²) in [6, 6.07) is 0.257. The molecule has 0 aromatic rings. The standard InChI is InChI=1S/C14H26N2O4/c1-10(14(19)20)7-16(8-11(2)17)9-13(18)15-12-5-3-4-6-12/h10-12,17H,3-9H2,1-2H3,(H,15,18)(H,19,20). The normalized spacial score (nSPS) is 19.0. The first-order chi connectivity index (χ1) is 9.38. The van der Waals surface area contributed by atoms with Crippen molar-refractivity contribution in [1.82, 2.24) is 10.2 Å². The highest BCUT2D eigenvalue weighted by molar-refractivity contribution is 5.78. The number of nitrogens with zero attached hydrogens (tertiary/aromatic N) is 1. The zero-order chi connectivity index (χ0) is 15.1. The predicted octanol–water partition coefficient (Wildman–Crippen LogP) is 0.449. The Bertz CT molecular complexity index is 327. The second kappa shape index (κ2) is 8.21. The summed E-state index contributed by atoms with van der Waals surface area (Å²) < 4.78 is 0. The first-order valence-electron chi connectivity index (χ1n) is 7.31. The smallest absolute Gasteiger partial charge is 0.307 e. The molecule has 1 aliphatic rings. The molecule has 1 saturated carbocycles. The zero-order valence-corrected chi connectivity index (χ0v) is 12.3. The molecule has 3 N–H and O–H groups in total. The monoisotopic (exact) mass is 286 g/mol. The van der Waals surface area contributed by atoms with Gasteiger partial charge in [-0.2, -0.15) is 0 Å². The summed E-state index contributed by atoms with van der Waals surface area (Å²) in [5.74, 6) is -1.54. The van der Waals surface area contributed by atoms with Gasteiger partial charge in [-0.15, -0.1) is 0 Å². The number of carboxylic acids is 1. The maximum atomic E-state index is 12.0. The maximum absolute atomic E-state index is 12.0. The number of carbonyl (C=O) groups excluding carboxylic acids is 1. The van der Waals surface area contributed by atoms with Crippen molar-refractivity contribution >= 4 is 11.9 Å². The molecule has 0 aliphatic heterocycles. The summed E-state index contributed by atoms with van der Waals surface area (Å²) in [7, 11) is 0. The Kier molecular flexibility index (Phi) is 6.95. The molecule has 116 valence electrons. The number of carboxylic acid groups (broad SMARTS) is 1. The maximum Gasteiger partial charge on any atom is 0.307 e. The summed E-state index contributed by atoms with van der Waals surface area (Å²) in [4.78, 5) is 24.6. The van der Waals surface area contributed by atoms with Crippen LogP contribution >= 0.6 is 0 Å². The molecule has 0 heterocycles. The van der Waals surface area contributed by atoms with E-state index in [0.29, 0.717) is 6.54 Å². The van der Waals surface area contributed by atoms with Crippen molar-refractivity contribution in [3.8, 4) is 0 Å². The molecule has 0 saturated heterocycles. The molecule has 2 unspecified atom stereocenters. The lowest BCUT2D eigenvalue weighted by Gasteiger charge is -2.25. The molecule has 0 aromatic carbocycles. The topological polar surface area (TPSA) is 89.9 Å². The molecule has 0 aromatic heterocycles. The van der Waals surface area contributed by atoms with Crippen molar-refractivity contribution < 1.29 is 19.8 Å². The average molecular weight is 286 g/mol. The van der Waals surface area contributed by atoms with E-state index in [1.807, 2.05) is 0 Å². The quantitative estimate of drug-likeness (QED) is 0.603. The van der Waals surface area contributed by atoms with Gasteiger partial charge in [0.15, 0.2) is 0 Å². The third kappa shape index (κ3) is 6.34. The minimum atomic E-state index is -0.892. The Morgan fingerprint density at radius 2 is 1.85 bits per heavy atom. The lowest BCUT2D eigenvalue weighted by molar-refractivity contribution is -0.142. The number of nitrogens with one attached hydrogen (secondary N) is 1. The number of hydrogen-bond donors (Lipinski definition) is 3. The van der Waals surface area contributed by atoms with Gasteiger partial charge in [0.05, 0.1) is 18.6 Å². The second-order valence-electron chi connectivity index (χ2n) is 5.83. The van der Waals surface area contributed by atoms with Gasteiger partial charge >= 0.3 is 5.97 Å². The molecule has 6 nitrogen and oxygen atoms in total. The average Bonchev–Trinajstić information content (AvgIpc) is 2.80. The Labute approximate surface area is 120 Å². The number of aliphatic hydroxyl groups is 1. The van der Waals surface area contributed by atoms with E-state index < -0.39 is 18.0 Å². The van der Waals surface area contributed by atoms with E-state index in [1.54, 1.807) is 18.7 Å². The van der Waals surface area contributed by atoms with Crippen LogP contribution in [0.5, 0.6) is 0 Å². The van der Waals surface area contributed by atoms with Crippen molar-refractivity contribution in [2.45, 2.75) is 51.7 Å². The summed E-state index contributed by atoms with van der Waals surface area (Å²) in [5.41, 5.74) is 0. The molecule has 2 atom stereocenters. The highest BCUT2D eigenvalue weighted by Gasteiger charge is 2.22. The molecule has 0 spiro atoms. The molecule has 6 heteroatoms. The fourth-order valence-corrected chi connectivity index (χ4v) is 2.59. The number of amides is 1. The first-order valence-corrected chi connectivity index (χ1v) is 7.31. The molecule has 1 fully saturated rings. The highest BCUT2D eigenvalue weighted by Crippen LogP contribution is 2.17. The Morgan fingerprint density at radius 3 is 2.35 bits per heavy atom. The van der Waals surface area contributed by atoms with Crippen molar-refractivity contribution in [3.05, 3.63) is 0 Å². The van der Waals surface area contributed by atoms with Crippen LogP contribution in [0.3, 0.4) is 0 Å². The van der Waals surface area contributed by atoms with Gasteiger partial charge in [0, 0.05) is 19.1 Å². The van der Waals surface area contributed by atoms with Gasteiger partial charge in [-0.3, -0.25) is 14.5 Å². The van der Waals surface area contributed by atoms with E-state index in [9.17, 15) is 14.7 Å². The molecule has 1 aliphatic carbocycles. The van der Waals surface area contributed by atoms with E-state index in [2.05, 4.69) is 5.32 Å². The molecular formula is C14H26N2O4. The minimum absolute atomic E-state index is 0.0878. The van der Waals surface area contributed by atoms with Gasteiger partial charge in [-0.05, 0) is 19.8 Å². The number of carbonyl (C=O) groups is 2. The number of aliphatic carboxylic acids is 1. The summed E-state index contributed by atoms with van der Waals surface area (Å²) in [6.07, 6.45) is 3.76. The van der Waals surface area contributed by atoms with Crippen LogP contribution in [0.2, 0.25) is 0 Å². The third-order valence-corrected chi connectivity index (χ3v) is 3.56. The van der Waals surface area contributed by atoms with E-state index in [-0.39, 0.29) is 25.0 Å². The van der Waals surface area contributed by atoms with Crippen molar-refractivity contribution in [2.24, 2.45) is 5.92 Å². The predicted molar refractivity (Wildman–Crippen MR) is 75.3 cm³/mol. The van der Waals surface area contributed by atoms with Crippen LogP contribution in [0, 0.1) is 5.92 Å². The molecule has 1 rings (SSSR count). The molecule has 0 radical (unpaired) electrons. The second-order valence-corrected chi connectivity index (χ2v) is 5.83. The van der Waals surface area contributed by atoms with E-state index >= 15 is 0 Å². The van der Waals surface area contributed by atoms with Crippen molar-refractivity contribution in [2.75, 3.05) is 19.6 Å². The van der Waals surface area contributed by atoms with E-state index in [0.717, 1.165) is 25.7 Å². The van der Waals surface area contributed by atoms with Gasteiger partial charge in [-0.25, -0.2) is 0 Å². The molecular weight excluding hydrogens is 260 g/mol. The van der Waals surface area contributed by atoms with Crippen LogP contribution in [0.25, 0.3) is 0 Å². The fourth-order valence-electron chi connectivity index (χ4n) is 2.59. The summed E-state index contributed by atoms with van der Waals surface area (Å²) >= 11 is 0. The van der Waals surface area contributed by atoms with Gasteiger partial charge in [0.25, 0.3) is 0 Å². The van der Waals surface area contributed by atoms with Crippen LogP contribution < -0.4 is 5.32 Å². The Balaban J connectivity index is 2.45. The van der Waals surface area contributed by atoms with Crippen LogP contribution in [0.4, 0.5) is 0 Å². The number of aliphatic hydroxyl groups excluding tert-OH is 1. The molecule has 0 bridgehead atoms. The van der Waals surface area contributed by atoms with Gasteiger partial charge in [-0.1, -0.05) is 19.8 Å². The minimum Gasteiger partial charge on any atom is -0.481 e. The SMILES string of the molecule is CC(O)CN(CC(=O)NC1CCCC1)CC(C)C(=O)O. The van der Waals surface area contributed by atoms with Gasteiger partial charge in [0.1, 0.15) is 0 Å². The van der Waals surface area contributed by atoms with Gasteiger partial charge in [0.2, 0.25) is 5.91 Å². The van der Waals surface area contributed by atoms with Crippen LogP contribution in [0.1, 0.15) is 39.5 Å². The Hall–Kier alpha value is -1.14. The van der Waals surface area contributed by atoms with E-state index in [4.69, 9.17) is 5.11 Å². The lowest BCUT2D eigenvalue weighted by Crippen LogP contribution is -2.45. The van der Waals surface area contributed by atoms with Crippen molar-refractivity contribution in [1.29, 1.82) is 0 Å². The molecule has 1 amide bonds. The zero-order valence-electron chi connectivity index (χ0n) is 12.3. The number of rotatable bonds is 8. The number of hydrogen-bond acceptors (Lipinski definition) is 4. The first kappa shape index (κ1) is 16.9. The lowest BCUT2D eigenvalue weighted by atomic mass is 10.1. The Morgan fingerprint density at radius 1 is 1.25 bits per heavy atom. The highest BCUT2D eigenvalue weighted by atomic mass is 16.4. The van der Waals surface area contributed by atoms with Crippen molar-refractivity contribution in [3.63, 3.8) is 0 Å². The van der Waals surface area contributed by atoms with Crippen LogP contribution in [0.15, 0.2) is 0 Å². The fraction of sp³-hybridized carbons (Fsp3) is 0.857.